The molecule has 0 unspecified atom stereocenters. The number of anilines is 6. The Hall–Kier alpha value is -16.7. The number of carboxylic acid groups (broad SMARTS) is 1. The Kier molecular flexibility index (Phi) is 33.3. The predicted molar refractivity (Wildman–Crippen MR) is 527 cm³/mol. The van der Waals surface area contributed by atoms with Crippen molar-refractivity contribution in [3.05, 3.63) is 300 Å². The molecular formula is C95H88N26O17S4. The van der Waals surface area contributed by atoms with E-state index >= 15 is 0 Å². The molecular weight excluding hydrogens is 1910 g/mol. The number of hydrogen-bond donors (Lipinski definition) is 9. The van der Waals surface area contributed by atoms with E-state index in [0.29, 0.717) is 114 Å². The molecule has 14 aromatic rings. The summed E-state index contributed by atoms with van der Waals surface area (Å²) in [5, 5.41) is 99.3. The fraction of sp³-hybridized carbons (Fsp3) is 0.168. The van der Waals surface area contributed by atoms with Crippen molar-refractivity contribution in [3.63, 3.8) is 0 Å². The lowest BCUT2D eigenvalue weighted by Gasteiger charge is -2.23. The van der Waals surface area contributed by atoms with E-state index in [1.54, 1.807) is 171 Å². The number of hydrogen-bond acceptors (Lipinski definition) is 38. The SMILES string of the molecule is CCCOc1cc(N=Nc2ccc(N=Nc3ccccc3)cc2S(=O)(=O)O)c(C)cc1Cc1nc(Cc2ccc(N=Nc3ccc(N=Nc4ccc(S(=O)(=O)O)cc4)cc3)c(C)c2)nc(NCCN(CCO)c2nc(Nc3ccc(N=Nc4ccc(N=Nc5ccccc5)cc4S(=O)(=O)O)c(C)c3)nc(Nc3cc(C)c(N=Nc4ccc(N=Nc5ccc(S(=O)(=O)O)cc5)cc4)cc3OCCCC(=O)O)n2)n1. The standard InChI is InChI=1S/C95H88N26O17S4/c1-6-47-137-85-57-82(120-118-81-42-34-75(56-88(81)142(134,135)136)114-106-66-16-11-8-12-17-66)60(3)50-64(85)54-90-99-89(53-63-19-39-78(59(2)49-63)115-111-69-24-20-67(21-25-69)107-109-71-28-35-76(36-29-71)139(125,126)127)100-92(101-90)96-43-44-121(45-46-122)95-103-93(97-73-32-40-79(61(4)51-73)116-117-80-41-33-74(55-87(80)141(131,132)133)113-105-65-14-9-7-10-15-65)102-94(104-95)98-84-52-62(5)83(58-86(84)138-48-13-18-91(123)124)119-112-70-26-22-68(23-27-70)108-110-72-30-37-77(38-31-72)140(128,129)130/h7-12,14-17,19-42,49-52,55-58,122H,6,13,18,43-48,53-54H2,1-5H3,(H,123,124)(H,125,126,127)(H,128,129,130)(H,131,132,133)(H,134,135,136)(H,96,99,100,101)(H2,97,98,102,103,104). The summed E-state index contributed by atoms with van der Waals surface area (Å²) in [7, 11) is -18.5. The summed E-state index contributed by atoms with van der Waals surface area (Å²) in [6, 6.07) is 66.3. The number of aliphatic hydroxyl groups is 1. The molecule has 2 heterocycles. The Morgan fingerprint density at radius 1 is 0.366 bits per heavy atom. The molecule has 9 N–H and O–H groups in total. The van der Waals surface area contributed by atoms with Crippen LogP contribution in [0.25, 0.3) is 0 Å². The molecule has 14 rings (SSSR count). The van der Waals surface area contributed by atoms with Crippen molar-refractivity contribution in [3.8, 4) is 11.5 Å². The minimum Gasteiger partial charge on any atom is -0.493 e. The molecule has 0 saturated heterocycles. The van der Waals surface area contributed by atoms with Crippen molar-refractivity contribution in [2.24, 2.45) is 81.8 Å². The molecule has 12 aromatic carbocycles. The van der Waals surface area contributed by atoms with Crippen molar-refractivity contribution in [1.82, 2.24) is 29.9 Å². The van der Waals surface area contributed by atoms with Crippen molar-refractivity contribution >= 4 is 173 Å². The van der Waals surface area contributed by atoms with Crippen LogP contribution in [0.3, 0.4) is 0 Å². The van der Waals surface area contributed by atoms with Crippen LogP contribution in [0.15, 0.2) is 356 Å². The zero-order valence-corrected chi connectivity index (χ0v) is 79.4. The number of nitrogens with zero attached hydrogens (tertiary/aromatic N) is 23. The molecule has 0 fully saturated rings. The number of ether oxygens (including phenoxy) is 2. The summed E-state index contributed by atoms with van der Waals surface area (Å²) in [5.74, 6) is 0.145. The third kappa shape index (κ3) is 29.2. The molecule has 0 atom stereocenters. The number of aliphatic carboxylic acids is 1. The molecule has 0 saturated carbocycles. The van der Waals surface area contributed by atoms with Crippen LogP contribution in [0, 0.1) is 27.7 Å². The monoisotopic (exact) mass is 1990 g/mol. The number of aryl methyl sites for hydroxylation is 4. The molecule has 724 valence electrons. The molecule has 0 aliphatic carbocycles. The van der Waals surface area contributed by atoms with Crippen LogP contribution >= 0.6 is 0 Å². The molecule has 0 aliphatic rings. The van der Waals surface area contributed by atoms with Crippen LogP contribution in [-0.2, 0) is 58.1 Å². The second-order valence-electron chi connectivity index (χ2n) is 31.2. The van der Waals surface area contributed by atoms with Gasteiger partial charge in [-0.2, -0.15) is 130 Å². The molecule has 0 bridgehead atoms. The Balaban J connectivity index is 0.775. The predicted octanol–water partition coefficient (Wildman–Crippen LogP) is 24.2. The lowest BCUT2D eigenvalue weighted by molar-refractivity contribution is -0.137. The number of rotatable bonds is 43. The zero-order chi connectivity index (χ0) is 101. The summed E-state index contributed by atoms with van der Waals surface area (Å²) in [6.45, 7) is 8.87. The van der Waals surface area contributed by atoms with E-state index in [1.165, 1.54) is 72.8 Å². The van der Waals surface area contributed by atoms with Gasteiger partial charge in [-0.05, 0) is 262 Å². The number of azo groups is 8. The van der Waals surface area contributed by atoms with Gasteiger partial charge in [-0.15, -0.1) is 10.2 Å². The van der Waals surface area contributed by atoms with Crippen LogP contribution in [0.5, 0.6) is 11.5 Å². The van der Waals surface area contributed by atoms with Crippen LogP contribution in [0.4, 0.5) is 126 Å². The largest absolute Gasteiger partial charge is 0.493 e. The highest BCUT2D eigenvalue weighted by Crippen LogP contribution is 2.41. The minimum absolute atomic E-state index is 0.0178. The maximum atomic E-state index is 12.9. The Bertz CT molecular complexity index is 7720. The van der Waals surface area contributed by atoms with Gasteiger partial charge in [0.25, 0.3) is 40.5 Å². The first-order valence-electron chi connectivity index (χ1n) is 43.3. The fourth-order valence-corrected chi connectivity index (χ4v) is 15.6. The number of benzene rings is 12. The molecule has 0 aliphatic heterocycles. The van der Waals surface area contributed by atoms with Gasteiger partial charge in [0.05, 0.1) is 115 Å². The lowest BCUT2D eigenvalue weighted by Crippen LogP contribution is -2.34. The van der Waals surface area contributed by atoms with E-state index in [2.05, 4.69) is 97.8 Å². The first kappa shape index (κ1) is 101. The van der Waals surface area contributed by atoms with Gasteiger partial charge in [0, 0.05) is 62.3 Å². The fourth-order valence-electron chi connectivity index (χ4n) is 13.3. The van der Waals surface area contributed by atoms with E-state index in [4.69, 9.17) is 39.4 Å². The van der Waals surface area contributed by atoms with Gasteiger partial charge in [-0.25, -0.2) is 4.98 Å². The summed E-state index contributed by atoms with van der Waals surface area (Å²) in [6.07, 6.45) is 0.691. The van der Waals surface area contributed by atoms with E-state index in [9.17, 15) is 66.9 Å². The minimum atomic E-state index is -4.87. The molecule has 0 radical (unpaired) electrons. The average Bonchev–Trinajstić information content (AvgIpc) is 0.814. The number of nitrogens with one attached hydrogen (secondary N) is 3. The summed E-state index contributed by atoms with van der Waals surface area (Å²) < 4.78 is 150. The normalized spacial score (nSPS) is 12.2. The average molecular weight is 1990 g/mol. The second kappa shape index (κ2) is 46.7. The van der Waals surface area contributed by atoms with Gasteiger partial charge < -0.3 is 40.5 Å². The highest BCUT2D eigenvalue weighted by atomic mass is 32.2. The highest BCUT2D eigenvalue weighted by Gasteiger charge is 2.24. The van der Waals surface area contributed by atoms with Crippen molar-refractivity contribution in [1.29, 1.82) is 0 Å². The van der Waals surface area contributed by atoms with Gasteiger partial charge in [-0.1, -0.05) is 55.5 Å². The molecule has 43 nitrogen and oxygen atoms in total. The lowest BCUT2D eigenvalue weighted by atomic mass is 10.0. The van der Waals surface area contributed by atoms with Crippen LogP contribution < -0.4 is 30.3 Å². The third-order valence-electron chi connectivity index (χ3n) is 20.4. The molecule has 0 spiro atoms. The number of aliphatic hydroxyl groups excluding tert-OH is 1. The van der Waals surface area contributed by atoms with Gasteiger partial charge in [-0.3, -0.25) is 23.0 Å². The van der Waals surface area contributed by atoms with Crippen molar-refractivity contribution in [2.75, 3.05) is 60.3 Å². The Morgan fingerprint density at radius 2 is 0.768 bits per heavy atom. The summed E-state index contributed by atoms with van der Waals surface area (Å²) in [4.78, 5) is 41.4. The topological polar surface area (TPSA) is 608 Å². The number of carboxylic acids is 1. The van der Waals surface area contributed by atoms with Crippen LogP contribution in [0.2, 0.25) is 0 Å². The smallest absolute Gasteiger partial charge is 0.303 e. The maximum Gasteiger partial charge on any atom is 0.303 e. The number of carbonyl (C=O) groups is 1. The maximum absolute atomic E-state index is 12.9. The van der Waals surface area contributed by atoms with Gasteiger partial charge in [0.2, 0.25) is 23.8 Å². The van der Waals surface area contributed by atoms with Crippen LogP contribution in [-0.4, -0.2) is 137 Å². The van der Waals surface area contributed by atoms with Gasteiger partial charge in [0.1, 0.15) is 44.3 Å². The van der Waals surface area contributed by atoms with Crippen LogP contribution in [0.1, 0.15) is 71.2 Å². The number of aromatic nitrogens is 6. The van der Waals surface area contributed by atoms with Crippen molar-refractivity contribution in [2.45, 2.75) is 86.3 Å². The van der Waals surface area contributed by atoms with E-state index < -0.39 is 62.8 Å². The van der Waals surface area contributed by atoms with Gasteiger partial charge in [0.15, 0.2) is 0 Å². The van der Waals surface area contributed by atoms with Crippen molar-refractivity contribution < 1.29 is 76.4 Å². The van der Waals surface area contributed by atoms with Gasteiger partial charge >= 0.3 is 5.97 Å². The third-order valence-corrected chi connectivity index (χ3v) is 23.9. The van der Waals surface area contributed by atoms with E-state index in [1.807, 2.05) is 38.1 Å². The molecule has 47 heteroatoms. The zero-order valence-electron chi connectivity index (χ0n) is 76.1. The quantitative estimate of drug-likeness (QED) is 0.00973. The summed E-state index contributed by atoms with van der Waals surface area (Å²) >= 11 is 0. The first-order valence-corrected chi connectivity index (χ1v) is 49.0. The molecule has 0 amide bonds. The Morgan fingerprint density at radius 3 is 1.25 bits per heavy atom. The highest BCUT2D eigenvalue weighted by molar-refractivity contribution is 7.86. The van der Waals surface area contributed by atoms with E-state index in [0.717, 1.165) is 23.3 Å². The molecule has 2 aromatic heterocycles. The molecule has 142 heavy (non-hydrogen) atoms. The first-order chi connectivity index (χ1) is 68.1. The summed E-state index contributed by atoms with van der Waals surface area (Å²) in [5.41, 5.74) is 9.34. The Labute approximate surface area is 813 Å². The second-order valence-corrected chi connectivity index (χ2v) is 36.8. The van der Waals surface area contributed by atoms with E-state index in [-0.39, 0.29) is 132 Å².